The van der Waals surface area contributed by atoms with Crippen LogP contribution in [-0.2, 0) is 14.2 Å². The Labute approximate surface area is 196 Å². The highest BCUT2D eigenvalue weighted by atomic mass is 16.6. The third kappa shape index (κ3) is 8.30. The third-order valence-electron chi connectivity index (χ3n) is 4.33. The zero-order chi connectivity index (χ0) is 25.8. The van der Waals surface area contributed by atoms with Crippen molar-refractivity contribution in [3.8, 4) is 0 Å². The van der Waals surface area contributed by atoms with Gasteiger partial charge in [-0.05, 0) is 48.5 Å². The maximum atomic E-state index is 12.2. The number of nitrogens with one attached hydrogen (secondary N) is 3. The molecule has 1 fully saturated rings. The van der Waals surface area contributed by atoms with Crippen molar-refractivity contribution in [2.45, 2.75) is 84.5 Å². The molecular formula is C21H33N5O8. The first-order valence-corrected chi connectivity index (χ1v) is 10.7. The van der Waals surface area contributed by atoms with Gasteiger partial charge in [-0.3, -0.25) is 25.0 Å². The number of aryl methyl sites for hydroxylation is 1. The molecule has 2 heterocycles. The lowest BCUT2D eigenvalue weighted by Gasteiger charge is -2.22. The highest BCUT2D eigenvalue weighted by Crippen LogP contribution is 2.27. The molecule has 0 unspecified atom stereocenters. The van der Waals surface area contributed by atoms with E-state index in [1.54, 1.807) is 48.5 Å². The molecule has 0 radical (unpaired) electrons. The number of ether oxygens (including phenoxy) is 3. The molecule has 4 N–H and O–H groups in total. The van der Waals surface area contributed by atoms with Gasteiger partial charge in [-0.15, -0.1) is 0 Å². The second-order valence-corrected chi connectivity index (χ2v) is 9.85. The van der Waals surface area contributed by atoms with Crippen LogP contribution in [0.1, 0.15) is 59.8 Å². The molecule has 0 aromatic carbocycles. The lowest BCUT2D eigenvalue weighted by molar-refractivity contribution is -0.0150. The second-order valence-electron chi connectivity index (χ2n) is 9.85. The minimum Gasteiger partial charge on any atom is -0.444 e. The quantitative estimate of drug-likeness (QED) is 0.362. The van der Waals surface area contributed by atoms with Gasteiger partial charge in [0, 0.05) is 18.2 Å². The minimum atomic E-state index is -1.00. The van der Waals surface area contributed by atoms with Gasteiger partial charge in [-0.1, -0.05) is 0 Å². The molecule has 13 nitrogen and oxygen atoms in total. The molecule has 1 aromatic heterocycles. The van der Waals surface area contributed by atoms with Crippen molar-refractivity contribution in [3.63, 3.8) is 0 Å². The molecule has 3 atom stereocenters. The van der Waals surface area contributed by atoms with Gasteiger partial charge in [0.15, 0.2) is 0 Å². The van der Waals surface area contributed by atoms with Crippen LogP contribution in [0, 0.1) is 6.92 Å². The number of hydrogen-bond acceptors (Lipinski definition) is 9. The van der Waals surface area contributed by atoms with Gasteiger partial charge in [0.1, 0.15) is 23.5 Å². The summed E-state index contributed by atoms with van der Waals surface area (Å²) in [7, 11) is 0. The lowest BCUT2D eigenvalue weighted by atomic mass is 10.2. The Morgan fingerprint density at radius 2 is 1.68 bits per heavy atom. The average Bonchev–Trinajstić information content (AvgIpc) is 3.00. The zero-order valence-corrected chi connectivity index (χ0v) is 20.4. The van der Waals surface area contributed by atoms with Crippen molar-refractivity contribution in [1.82, 2.24) is 20.2 Å². The summed E-state index contributed by atoms with van der Waals surface area (Å²) in [6, 6.07) is 0. The summed E-state index contributed by atoms with van der Waals surface area (Å²) in [5.41, 5.74) is -2.45. The number of amides is 2. The Morgan fingerprint density at radius 3 is 2.18 bits per heavy atom. The van der Waals surface area contributed by atoms with Gasteiger partial charge >= 0.3 is 17.9 Å². The van der Waals surface area contributed by atoms with Gasteiger partial charge in [-0.2, -0.15) is 0 Å². The molecule has 1 saturated heterocycles. The molecule has 2 rings (SSSR count). The van der Waals surface area contributed by atoms with Crippen LogP contribution in [0.3, 0.4) is 0 Å². The van der Waals surface area contributed by atoms with Crippen LogP contribution in [0.4, 0.5) is 9.59 Å². The van der Waals surface area contributed by atoms with E-state index in [2.05, 4.69) is 20.6 Å². The van der Waals surface area contributed by atoms with Crippen molar-refractivity contribution in [2.75, 3.05) is 6.54 Å². The normalized spacial score (nSPS) is 20.4. The number of carbonyl (C=O) groups is 2. The van der Waals surface area contributed by atoms with E-state index in [4.69, 9.17) is 14.2 Å². The number of guanidine groups is 1. The first kappa shape index (κ1) is 27.1. The van der Waals surface area contributed by atoms with Crippen LogP contribution in [0.5, 0.6) is 0 Å². The number of aromatic amines is 1. The number of aliphatic imine (C=N–C) groups is 1. The van der Waals surface area contributed by atoms with Gasteiger partial charge in [-0.25, -0.2) is 19.4 Å². The van der Waals surface area contributed by atoms with Crippen molar-refractivity contribution < 1.29 is 28.9 Å². The number of aliphatic hydroxyl groups is 1. The number of H-pyrrole nitrogens is 1. The summed E-state index contributed by atoms with van der Waals surface area (Å²) in [5, 5.41) is 15.1. The van der Waals surface area contributed by atoms with E-state index in [1.165, 1.54) is 10.8 Å². The summed E-state index contributed by atoms with van der Waals surface area (Å²) < 4.78 is 17.3. The van der Waals surface area contributed by atoms with Gasteiger partial charge in [0.25, 0.3) is 5.56 Å². The summed E-state index contributed by atoms with van der Waals surface area (Å²) >= 11 is 0. The van der Waals surface area contributed by atoms with E-state index in [1.807, 2.05) is 0 Å². The number of hydrogen-bond donors (Lipinski definition) is 4. The van der Waals surface area contributed by atoms with Gasteiger partial charge < -0.3 is 19.3 Å². The maximum Gasteiger partial charge on any atom is 0.414 e. The Hall–Kier alpha value is -3.19. The van der Waals surface area contributed by atoms with E-state index in [-0.39, 0.29) is 18.9 Å². The number of carbonyl (C=O) groups excluding carboxylic acids is 2. The molecule has 0 aliphatic carbocycles. The molecular weight excluding hydrogens is 450 g/mol. The Bertz CT molecular complexity index is 1010. The summed E-state index contributed by atoms with van der Waals surface area (Å²) in [5.74, 6) is -0.264. The van der Waals surface area contributed by atoms with E-state index >= 15 is 0 Å². The highest BCUT2D eigenvalue weighted by Gasteiger charge is 2.35. The van der Waals surface area contributed by atoms with Crippen LogP contribution in [0.25, 0.3) is 0 Å². The molecule has 13 heteroatoms. The first-order valence-electron chi connectivity index (χ1n) is 10.7. The van der Waals surface area contributed by atoms with Crippen LogP contribution in [-0.4, -0.2) is 62.8 Å². The Kier molecular flexibility index (Phi) is 8.26. The predicted octanol–water partition coefficient (Wildman–Crippen LogP) is 0.899. The molecule has 1 aliphatic heterocycles. The van der Waals surface area contributed by atoms with Crippen LogP contribution < -0.4 is 21.9 Å². The molecule has 0 saturated carbocycles. The van der Waals surface area contributed by atoms with E-state index < -0.39 is 53.1 Å². The maximum absolute atomic E-state index is 12.2. The second kappa shape index (κ2) is 10.4. The van der Waals surface area contributed by atoms with E-state index in [0.29, 0.717) is 5.56 Å². The van der Waals surface area contributed by atoms with Crippen molar-refractivity contribution in [2.24, 2.45) is 4.99 Å². The highest BCUT2D eigenvalue weighted by molar-refractivity contribution is 6.01. The molecule has 1 aromatic rings. The molecule has 0 spiro atoms. The van der Waals surface area contributed by atoms with Crippen molar-refractivity contribution in [3.05, 3.63) is 32.6 Å². The zero-order valence-electron chi connectivity index (χ0n) is 20.4. The Morgan fingerprint density at radius 1 is 1.15 bits per heavy atom. The van der Waals surface area contributed by atoms with E-state index in [0.717, 1.165) is 0 Å². The van der Waals surface area contributed by atoms with Gasteiger partial charge in [0.05, 0.1) is 12.6 Å². The fourth-order valence-corrected chi connectivity index (χ4v) is 2.94. The first-order chi connectivity index (χ1) is 15.5. The van der Waals surface area contributed by atoms with Crippen LogP contribution in [0.2, 0.25) is 0 Å². The topological polar surface area (TPSA) is 173 Å². The fraction of sp³-hybridized carbons (Fsp3) is 0.667. The summed E-state index contributed by atoms with van der Waals surface area (Å²) in [6.07, 6.45) is -2.99. The van der Waals surface area contributed by atoms with Crippen molar-refractivity contribution >= 4 is 18.1 Å². The number of aromatic nitrogens is 2. The van der Waals surface area contributed by atoms with Crippen LogP contribution in [0.15, 0.2) is 20.8 Å². The SMILES string of the molecule is Cc1cn([C@H]2C[C@H](O)[C@@H](CN=C(NC(=O)OC(C)(C)C)NC(=O)OC(C)(C)C)O2)c(=O)[nH]c1=O. The monoisotopic (exact) mass is 483 g/mol. The fourth-order valence-electron chi connectivity index (χ4n) is 2.94. The number of aliphatic hydroxyl groups excluding tert-OH is 1. The molecule has 0 bridgehead atoms. The average molecular weight is 484 g/mol. The number of nitrogens with zero attached hydrogens (tertiary/aromatic N) is 2. The largest absolute Gasteiger partial charge is 0.444 e. The summed E-state index contributed by atoms with van der Waals surface area (Å²) in [6.45, 7) is 11.4. The molecule has 1 aliphatic rings. The molecule has 34 heavy (non-hydrogen) atoms. The Balaban J connectivity index is 2.16. The van der Waals surface area contributed by atoms with Gasteiger partial charge in [0.2, 0.25) is 5.96 Å². The predicted molar refractivity (Wildman–Crippen MR) is 122 cm³/mol. The van der Waals surface area contributed by atoms with Crippen LogP contribution >= 0.6 is 0 Å². The standard InChI is InChI=1S/C21H33N5O8/c1-11-10-26(17(29)23-15(11)28)14-8-12(27)13(32-14)9-22-16(24-18(30)33-20(2,3)4)25-19(31)34-21(5,6)7/h10,12-14,27H,8-9H2,1-7H3,(H,23,28,29)(H2,22,24,25,30,31)/t12-,13+,14+/m0/s1. The number of rotatable bonds is 3. The number of alkyl carbamates (subject to hydrolysis) is 2. The van der Waals surface area contributed by atoms with E-state index in [9.17, 15) is 24.3 Å². The van der Waals surface area contributed by atoms with Crippen molar-refractivity contribution in [1.29, 1.82) is 0 Å². The lowest BCUT2D eigenvalue weighted by Crippen LogP contribution is -2.47. The minimum absolute atomic E-state index is 0.0693. The molecule has 2 amide bonds. The molecule has 190 valence electrons. The summed E-state index contributed by atoms with van der Waals surface area (Å²) in [4.78, 5) is 54.4. The third-order valence-corrected chi connectivity index (χ3v) is 4.33. The smallest absolute Gasteiger partial charge is 0.414 e.